The summed E-state index contributed by atoms with van der Waals surface area (Å²) in [7, 11) is 1.18. The molecule has 5 rings (SSSR count). The second-order valence-electron chi connectivity index (χ2n) is 16.6. The fourth-order valence-corrected chi connectivity index (χ4v) is 10.1. The molecule has 16 nitrogen and oxygen atoms in total. The highest BCUT2D eigenvalue weighted by atomic mass is 16.9. The van der Waals surface area contributed by atoms with Crippen molar-refractivity contribution in [2.75, 3.05) is 13.7 Å². The molecule has 57 heavy (non-hydrogen) atoms. The molecule has 1 unspecified atom stereocenters. The van der Waals surface area contributed by atoms with Gasteiger partial charge in [-0.15, -0.1) is 0 Å². The van der Waals surface area contributed by atoms with Gasteiger partial charge in [0.05, 0.1) is 50.1 Å². The third kappa shape index (κ3) is 7.10. The van der Waals surface area contributed by atoms with E-state index in [0.29, 0.717) is 12.0 Å². The second kappa shape index (κ2) is 15.9. The Morgan fingerprint density at radius 3 is 2.33 bits per heavy atom. The Hall–Kier alpha value is -4.09. The van der Waals surface area contributed by atoms with E-state index in [-0.39, 0.29) is 30.6 Å². The molecule has 1 aromatic rings. The number of aliphatic hydroxyl groups is 3. The lowest BCUT2D eigenvalue weighted by atomic mass is 9.46. The van der Waals surface area contributed by atoms with Crippen molar-refractivity contribution < 1.29 is 76.9 Å². The summed E-state index contributed by atoms with van der Waals surface area (Å²) in [4.78, 5) is 66.8. The van der Waals surface area contributed by atoms with Gasteiger partial charge in [0.15, 0.2) is 6.10 Å². The van der Waals surface area contributed by atoms with Crippen LogP contribution in [0.5, 0.6) is 0 Å². The molecular weight excluding hydrogens is 748 g/mol. The number of carbonyl (C=O) groups excluding carboxylic acids is 5. The molecule has 0 radical (unpaired) electrons. The highest BCUT2D eigenvalue weighted by Crippen LogP contribution is 2.70. The topological polar surface area (TPSA) is 224 Å². The first-order chi connectivity index (χ1) is 26.6. The van der Waals surface area contributed by atoms with Crippen LogP contribution < -0.4 is 0 Å². The van der Waals surface area contributed by atoms with Crippen LogP contribution in [0.3, 0.4) is 0 Å². The molecule has 2 aliphatic carbocycles. The largest absolute Gasteiger partial charge is 0.472 e. The van der Waals surface area contributed by atoms with Gasteiger partial charge in [0, 0.05) is 35.7 Å². The van der Waals surface area contributed by atoms with Gasteiger partial charge < -0.3 is 52.9 Å². The number of methoxy groups -OCH3 is 1. The van der Waals surface area contributed by atoms with Gasteiger partial charge in [-0.1, -0.05) is 46.8 Å². The quantitative estimate of drug-likeness (QED) is 0.0854. The summed E-state index contributed by atoms with van der Waals surface area (Å²) in [5.41, 5.74) is -6.76. The molecule has 4 fully saturated rings. The molecule has 316 valence electrons. The van der Waals surface area contributed by atoms with E-state index in [0.717, 1.165) is 6.92 Å². The molecule has 2 aliphatic heterocycles. The van der Waals surface area contributed by atoms with E-state index in [1.807, 2.05) is 0 Å². The lowest BCUT2D eigenvalue weighted by Crippen LogP contribution is -2.72. The van der Waals surface area contributed by atoms with E-state index in [9.17, 15) is 39.3 Å². The Kier molecular flexibility index (Phi) is 12.3. The fourth-order valence-electron chi connectivity index (χ4n) is 10.1. The first kappa shape index (κ1) is 44.0. The summed E-state index contributed by atoms with van der Waals surface area (Å²) in [5, 5.41) is 36.6. The van der Waals surface area contributed by atoms with Crippen LogP contribution in [0.25, 0.3) is 0 Å². The fraction of sp³-hybridized carbons (Fsp3) is 0.683. The van der Waals surface area contributed by atoms with Crippen LogP contribution in [-0.2, 0) is 57.1 Å². The Morgan fingerprint density at radius 1 is 1.09 bits per heavy atom. The predicted octanol–water partition coefficient (Wildman–Crippen LogP) is 3.40. The van der Waals surface area contributed by atoms with Crippen molar-refractivity contribution in [1.82, 2.24) is 0 Å². The van der Waals surface area contributed by atoms with Crippen LogP contribution in [0.2, 0.25) is 0 Å². The van der Waals surface area contributed by atoms with Crippen molar-refractivity contribution in [3.05, 3.63) is 48.0 Å². The molecule has 14 atom stereocenters. The van der Waals surface area contributed by atoms with Crippen LogP contribution >= 0.6 is 0 Å². The number of hydrogen-bond acceptors (Lipinski definition) is 16. The van der Waals surface area contributed by atoms with Crippen molar-refractivity contribution in [2.24, 2.45) is 28.6 Å². The summed E-state index contributed by atoms with van der Waals surface area (Å²) in [6.07, 6.45) is -4.07. The summed E-state index contributed by atoms with van der Waals surface area (Å²) in [6.45, 7) is 16.9. The SMILES string of the molecule is C=C1[C@@H]([C@@]2(C)C(OC(C)=O)C[C@]3(O)OC[C@@](C)(O3)[C@@H]2CC(=O)OC)[C@@H](OC=O)[C@H](OC(=O)[C@H](O)[C@H](C)CC)[C@@]2(C)[C@H](c3ccoc3)C[C@H](OC(=O)/C(C)=C/C)[C@]12O. The number of aliphatic hydroxyl groups excluding tert-OH is 1. The molecule has 2 bridgehead atoms. The molecule has 4 aliphatic rings. The summed E-state index contributed by atoms with van der Waals surface area (Å²) in [5.74, 6) is -9.75. The number of carbonyl (C=O) groups is 5. The van der Waals surface area contributed by atoms with Gasteiger partial charge in [-0.2, -0.15) is 0 Å². The molecule has 16 heteroatoms. The number of furan rings is 1. The maximum Gasteiger partial charge on any atom is 0.335 e. The Labute approximate surface area is 331 Å². The molecule has 3 heterocycles. The lowest BCUT2D eigenvalue weighted by molar-refractivity contribution is -0.328. The molecule has 0 aromatic carbocycles. The third-order valence-electron chi connectivity index (χ3n) is 13.6. The predicted molar refractivity (Wildman–Crippen MR) is 196 cm³/mol. The van der Waals surface area contributed by atoms with Crippen LogP contribution in [0, 0.1) is 28.6 Å². The normalized spacial score (nSPS) is 39.9. The first-order valence-electron chi connectivity index (χ1n) is 19.2. The molecule has 0 spiro atoms. The zero-order valence-electron chi connectivity index (χ0n) is 34.0. The highest BCUT2D eigenvalue weighted by Gasteiger charge is 2.79. The number of hydrogen-bond donors (Lipinski definition) is 3. The van der Waals surface area contributed by atoms with Crippen molar-refractivity contribution >= 4 is 30.3 Å². The van der Waals surface area contributed by atoms with Crippen molar-refractivity contribution in [2.45, 2.75) is 135 Å². The Bertz CT molecular complexity index is 1760. The second-order valence-corrected chi connectivity index (χ2v) is 16.6. The van der Waals surface area contributed by atoms with E-state index in [1.54, 1.807) is 47.6 Å². The maximum absolute atomic E-state index is 14.1. The maximum atomic E-state index is 14.1. The Balaban J connectivity index is 1.88. The van der Waals surface area contributed by atoms with Crippen molar-refractivity contribution in [3.63, 3.8) is 0 Å². The van der Waals surface area contributed by atoms with E-state index in [2.05, 4.69) is 6.58 Å². The van der Waals surface area contributed by atoms with Crippen molar-refractivity contribution in [3.8, 4) is 0 Å². The van der Waals surface area contributed by atoms with Gasteiger partial charge in [0.2, 0.25) is 0 Å². The summed E-state index contributed by atoms with van der Waals surface area (Å²) < 4.78 is 46.9. The van der Waals surface area contributed by atoms with Gasteiger partial charge in [-0.3, -0.25) is 14.4 Å². The van der Waals surface area contributed by atoms with Crippen LogP contribution in [0.1, 0.15) is 92.6 Å². The van der Waals surface area contributed by atoms with Crippen LogP contribution in [-0.4, -0.2) is 107 Å². The molecule has 2 saturated carbocycles. The van der Waals surface area contributed by atoms with Gasteiger partial charge in [-0.05, 0) is 50.3 Å². The van der Waals surface area contributed by atoms with E-state index in [1.165, 1.54) is 32.6 Å². The number of esters is 4. The van der Waals surface area contributed by atoms with Gasteiger partial charge >= 0.3 is 23.9 Å². The molecule has 2 saturated heterocycles. The van der Waals surface area contributed by atoms with E-state index >= 15 is 0 Å². The zero-order chi connectivity index (χ0) is 42.5. The van der Waals surface area contributed by atoms with Gasteiger partial charge in [0.1, 0.15) is 30.0 Å². The van der Waals surface area contributed by atoms with Crippen LogP contribution in [0.4, 0.5) is 0 Å². The minimum absolute atomic E-state index is 0.0825. The van der Waals surface area contributed by atoms with Crippen LogP contribution in [0.15, 0.2) is 46.8 Å². The number of fused-ring (bicyclic) bond motifs is 3. The highest BCUT2D eigenvalue weighted by molar-refractivity contribution is 5.88. The minimum Gasteiger partial charge on any atom is -0.472 e. The number of allylic oxidation sites excluding steroid dienone is 1. The summed E-state index contributed by atoms with van der Waals surface area (Å²) in [6, 6.07) is 1.64. The number of ether oxygens (including phenoxy) is 7. The van der Waals surface area contributed by atoms with Gasteiger partial charge in [0.25, 0.3) is 12.4 Å². The summed E-state index contributed by atoms with van der Waals surface area (Å²) >= 11 is 0. The monoisotopic (exact) mass is 804 g/mol. The number of rotatable bonds is 13. The molecule has 1 aromatic heterocycles. The average Bonchev–Trinajstić information content (AvgIpc) is 3.86. The Morgan fingerprint density at radius 2 is 1.77 bits per heavy atom. The van der Waals surface area contributed by atoms with Crippen molar-refractivity contribution in [1.29, 1.82) is 0 Å². The molecular formula is C41H56O16. The van der Waals surface area contributed by atoms with Gasteiger partial charge in [-0.25, -0.2) is 9.59 Å². The third-order valence-corrected chi connectivity index (χ3v) is 13.6. The standard InChI is InChI=1S/C41H56O16/c1-11-21(3)32(45)36(47)56-34-33(52-20-42)31(38(8)27(16-30(44)50-10)37(7)19-53-40(48,57-37)17-29(38)54-24(6)43)23(5)41(49)28(55-35(46)22(4)12-2)15-26(39(34,41)9)25-13-14-51-18-25/h12-14,18,20-21,26-29,31-34,45,48-49H,5,11,15-17,19H2,1-4,6-10H3/b22-12+/t21-,26+,27+,28+,29?,31-,32-,33-,34+,37-,38-,39-,40+,41-/m1/s1. The lowest BCUT2D eigenvalue weighted by Gasteiger charge is -2.62. The first-order valence-corrected chi connectivity index (χ1v) is 19.2. The van der Waals surface area contributed by atoms with E-state index in [4.69, 9.17) is 37.6 Å². The zero-order valence-corrected chi connectivity index (χ0v) is 34.0. The minimum atomic E-state index is -2.36. The molecule has 3 N–H and O–H groups in total. The average molecular weight is 805 g/mol. The molecule has 0 amide bonds. The smallest absolute Gasteiger partial charge is 0.335 e. The van der Waals surface area contributed by atoms with E-state index < -0.39 is 119 Å².